The van der Waals surface area contributed by atoms with Crippen LogP contribution in [0.5, 0.6) is 0 Å². The van der Waals surface area contributed by atoms with E-state index in [0.29, 0.717) is 0 Å². The summed E-state index contributed by atoms with van der Waals surface area (Å²) < 4.78 is 6.25. The molecule has 1 heteroatoms. The maximum atomic E-state index is 6.25. The summed E-state index contributed by atoms with van der Waals surface area (Å²) in [7, 11) is 0. The summed E-state index contributed by atoms with van der Waals surface area (Å²) in [6.07, 6.45) is 3.50. The van der Waals surface area contributed by atoms with E-state index < -0.39 is 0 Å². The maximum absolute atomic E-state index is 6.25. The van der Waals surface area contributed by atoms with Gasteiger partial charge in [0.05, 0.1) is 0 Å². The zero-order valence-electron chi connectivity index (χ0n) is 13.4. The molecular weight excluding hydrogens is 280 g/mol. The Bertz CT molecular complexity index is 902. The summed E-state index contributed by atoms with van der Waals surface area (Å²) in [5.74, 6) is 1.96. The van der Waals surface area contributed by atoms with Gasteiger partial charge in [0.2, 0.25) is 0 Å². The van der Waals surface area contributed by atoms with Crippen LogP contribution in [-0.2, 0) is 6.42 Å². The zero-order valence-corrected chi connectivity index (χ0v) is 13.4. The molecular formula is C22H20O. The Labute approximate surface area is 136 Å². The molecule has 0 saturated carbocycles. The number of hydrogen-bond donors (Lipinski definition) is 0. The topological polar surface area (TPSA) is 13.1 Å². The summed E-state index contributed by atoms with van der Waals surface area (Å²) >= 11 is 0. The molecule has 0 radical (unpaired) electrons. The molecule has 0 saturated heterocycles. The lowest BCUT2D eigenvalue weighted by molar-refractivity contribution is 0.579. The lowest BCUT2D eigenvalue weighted by Gasteiger charge is -2.12. The normalized spacial score (nSPS) is 11.3. The van der Waals surface area contributed by atoms with E-state index in [1.807, 2.05) is 6.07 Å². The van der Waals surface area contributed by atoms with Crippen LogP contribution in [0.3, 0.4) is 0 Å². The van der Waals surface area contributed by atoms with Crippen molar-refractivity contribution in [3.05, 3.63) is 72.3 Å². The van der Waals surface area contributed by atoms with E-state index in [4.69, 9.17) is 4.42 Å². The zero-order chi connectivity index (χ0) is 15.6. The Balaban J connectivity index is 1.97. The van der Waals surface area contributed by atoms with Crippen molar-refractivity contribution in [3.63, 3.8) is 0 Å². The monoisotopic (exact) mass is 300 g/mol. The largest absolute Gasteiger partial charge is 0.456 e. The number of unbranched alkanes of at least 4 members (excludes halogenated alkanes) is 1. The van der Waals surface area contributed by atoms with Crippen molar-refractivity contribution in [2.45, 2.75) is 26.2 Å². The predicted molar refractivity (Wildman–Crippen MR) is 96.9 cm³/mol. The summed E-state index contributed by atoms with van der Waals surface area (Å²) in [5.41, 5.74) is 3.82. The minimum Gasteiger partial charge on any atom is -0.456 e. The summed E-state index contributed by atoms with van der Waals surface area (Å²) in [6, 6.07) is 23.3. The third-order valence-corrected chi connectivity index (χ3v) is 4.47. The molecule has 1 aliphatic heterocycles. The van der Waals surface area contributed by atoms with Crippen LogP contribution in [0.25, 0.3) is 33.4 Å². The Morgan fingerprint density at radius 3 is 2.43 bits per heavy atom. The molecule has 0 amide bonds. The van der Waals surface area contributed by atoms with Gasteiger partial charge in [-0.1, -0.05) is 67.9 Å². The molecule has 0 N–H and O–H groups in total. The summed E-state index contributed by atoms with van der Waals surface area (Å²) in [5, 5.41) is 2.56. The van der Waals surface area contributed by atoms with Crippen molar-refractivity contribution in [1.82, 2.24) is 0 Å². The first-order chi connectivity index (χ1) is 11.4. The van der Waals surface area contributed by atoms with Gasteiger partial charge in [0.1, 0.15) is 11.5 Å². The Kier molecular flexibility index (Phi) is 3.63. The molecule has 0 spiro atoms. The Morgan fingerprint density at radius 2 is 1.61 bits per heavy atom. The van der Waals surface area contributed by atoms with Crippen molar-refractivity contribution < 1.29 is 4.42 Å². The Morgan fingerprint density at radius 1 is 0.826 bits per heavy atom. The van der Waals surface area contributed by atoms with Gasteiger partial charge in [0, 0.05) is 11.1 Å². The van der Waals surface area contributed by atoms with Gasteiger partial charge in [-0.15, -0.1) is 0 Å². The van der Waals surface area contributed by atoms with Crippen molar-refractivity contribution in [2.24, 2.45) is 0 Å². The lowest BCUT2D eigenvalue weighted by Crippen LogP contribution is -1.92. The molecule has 1 nitrogen and oxygen atoms in total. The standard InChI is InChI=1S/C22H20O/c1-2-3-9-18-15-20(16-10-5-4-6-11-16)23-21-14-17-12-7-8-13-19(17)22(18)21/h4-8,10-15H,2-3,9H2,1H3. The lowest BCUT2D eigenvalue weighted by atomic mass is 9.98. The molecule has 23 heavy (non-hydrogen) atoms. The molecule has 1 aliphatic carbocycles. The fraction of sp³-hybridized carbons (Fsp3) is 0.182. The van der Waals surface area contributed by atoms with E-state index >= 15 is 0 Å². The highest BCUT2D eigenvalue weighted by molar-refractivity contribution is 6.02. The molecule has 0 unspecified atom stereocenters. The van der Waals surface area contributed by atoms with Crippen LogP contribution in [0.15, 0.2) is 71.1 Å². The Hall–Kier alpha value is -2.54. The van der Waals surface area contributed by atoms with Gasteiger partial charge in [0.25, 0.3) is 0 Å². The van der Waals surface area contributed by atoms with Gasteiger partial charge in [-0.05, 0) is 41.3 Å². The highest BCUT2D eigenvalue weighted by Gasteiger charge is 2.18. The smallest absolute Gasteiger partial charge is 0.136 e. The minimum absolute atomic E-state index is 0.958. The highest BCUT2D eigenvalue weighted by atomic mass is 16.3. The van der Waals surface area contributed by atoms with Crippen LogP contribution in [-0.4, -0.2) is 0 Å². The summed E-state index contributed by atoms with van der Waals surface area (Å²) in [6.45, 7) is 2.24. The van der Waals surface area contributed by atoms with Crippen LogP contribution in [0.2, 0.25) is 0 Å². The molecule has 1 heterocycles. The average Bonchev–Trinajstić information content (AvgIpc) is 2.99. The third-order valence-electron chi connectivity index (χ3n) is 4.47. The quantitative estimate of drug-likeness (QED) is 0.416. The third kappa shape index (κ3) is 2.53. The predicted octanol–water partition coefficient (Wildman–Crippen LogP) is 6.55. The van der Waals surface area contributed by atoms with Gasteiger partial charge in [0.15, 0.2) is 0 Å². The molecule has 2 aromatic rings. The molecule has 2 aliphatic rings. The second kappa shape index (κ2) is 5.92. The molecule has 0 aromatic heterocycles. The van der Waals surface area contributed by atoms with Crippen LogP contribution >= 0.6 is 0 Å². The van der Waals surface area contributed by atoms with Gasteiger partial charge in [-0.3, -0.25) is 0 Å². The van der Waals surface area contributed by atoms with Crippen molar-refractivity contribution in [1.29, 1.82) is 0 Å². The van der Waals surface area contributed by atoms with Crippen LogP contribution in [0.1, 0.15) is 25.3 Å². The average molecular weight is 300 g/mol. The van der Waals surface area contributed by atoms with Gasteiger partial charge < -0.3 is 4.42 Å². The minimum atomic E-state index is 0.958. The maximum Gasteiger partial charge on any atom is 0.136 e. The molecule has 114 valence electrons. The van der Waals surface area contributed by atoms with E-state index in [2.05, 4.69) is 67.6 Å². The number of benzene rings is 2. The van der Waals surface area contributed by atoms with Crippen molar-refractivity contribution in [3.8, 4) is 22.6 Å². The second-order valence-electron chi connectivity index (χ2n) is 6.08. The fourth-order valence-corrected chi connectivity index (χ4v) is 3.30. The number of aryl methyl sites for hydroxylation is 1. The molecule has 4 rings (SSSR count). The first kappa shape index (κ1) is 14.1. The number of fused-ring (bicyclic) bond motifs is 3. The van der Waals surface area contributed by atoms with E-state index in [1.165, 1.54) is 34.7 Å². The molecule has 2 aromatic carbocycles. The van der Waals surface area contributed by atoms with Crippen LogP contribution in [0, 0.1) is 0 Å². The van der Waals surface area contributed by atoms with Gasteiger partial charge >= 0.3 is 0 Å². The molecule has 0 bridgehead atoms. The molecule has 0 atom stereocenters. The van der Waals surface area contributed by atoms with Gasteiger partial charge in [-0.2, -0.15) is 0 Å². The number of rotatable bonds is 4. The fourth-order valence-electron chi connectivity index (χ4n) is 3.30. The second-order valence-corrected chi connectivity index (χ2v) is 6.08. The van der Waals surface area contributed by atoms with E-state index in [-0.39, 0.29) is 0 Å². The molecule has 0 fully saturated rings. The summed E-state index contributed by atoms with van der Waals surface area (Å²) in [4.78, 5) is 0. The number of hydrogen-bond acceptors (Lipinski definition) is 1. The van der Waals surface area contributed by atoms with Gasteiger partial charge in [-0.25, -0.2) is 0 Å². The highest BCUT2D eigenvalue weighted by Crippen LogP contribution is 2.40. The SMILES string of the molecule is CCCCc1cc(-c2ccccc2)oc2cc3ccccc3c1-2. The van der Waals surface area contributed by atoms with Crippen molar-refractivity contribution in [2.75, 3.05) is 0 Å². The van der Waals surface area contributed by atoms with E-state index in [9.17, 15) is 0 Å². The van der Waals surface area contributed by atoms with E-state index in [0.717, 1.165) is 23.5 Å². The first-order valence-corrected chi connectivity index (χ1v) is 8.36. The van der Waals surface area contributed by atoms with E-state index in [1.54, 1.807) is 0 Å². The first-order valence-electron chi connectivity index (χ1n) is 8.36. The van der Waals surface area contributed by atoms with Crippen molar-refractivity contribution >= 4 is 10.8 Å². The van der Waals surface area contributed by atoms with Crippen LogP contribution in [0.4, 0.5) is 0 Å². The van der Waals surface area contributed by atoms with Crippen LogP contribution < -0.4 is 0 Å².